The molecule has 1 aliphatic rings. The van der Waals surface area contributed by atoms with Gasteiger partial charge >= 0.3 is 5.97 Å². The number of thiophene rings is 1. The van der Waals surface area contributed by atoms with Gasteiger partial charge in [0.05, 0.1) is 6.61 Å². The molecular weight excluding hydrogens is 372 g/mol. The van der Waals surface area contributed by atoms with Crippen LogP contribution in [0.15, 0.2) is 47.8 Å². The molecule has 132 valence electrons. The maximum Gasteiger partial charge on any atom is 0.329 e. The Balaban J connectivity index is 1.75. The maximum absolute atomic E-state index is 12.4. The van der Waals surface area contributed by atoms with Crippen molar-refractivity contribution in [2.75, 3.05) is 12.4 Å². The van der Waals surface area contributed by atoms with Gasteiger partial charge in [0.15, 0.2) is 5.11 Å². The lowest BCUT2D eigenvalue weighted by Crippen LogP contribution is -2.48. The third-order valence-corrected chi connectivity index (χ3v) is 6.60. The van der Waals surface area contributed by atoms with Crippen LogP contribution in [0.1, 0.15) is 22.7 Å². The number of ether oxygens (including phenoxy) is 1. The number of nitrogens with one attached hydrogen (secondary N) is 1. The third kappa shape index (κ3) is 4.34. The molecule has 7 heteroatoms. The Hall–Kier alpha value is -1.57. The van der Waals surface area contributed by atoms with Gasteiger partial charge in [0.2, 0.25) is 0 Å². The molecule has 1 aliphatic heterocycles. The van der Waals surface area contributed by atoms with Gasteiger partial charge in [-0.3, -0.25) is 0 Å². The molecule has 0 saturated carbocycles. The maximum atomic E-state index is 12.4. The van der Waals surface area contributed by atoms with E-state index in [9.17, 15) is 4.79 Å². The summed E-state index contributed by atoms with van der Waals surface area (Å²) < 4.78 is 5.26. The molecule has 0 aliphatic carbocycles. The van der Waals surface area contributed by atoms with Crippen LogP contribution in [0.5, 0.6) is 0 Å². The van der Waals surface area contributed by atoms with Crippen LogP contribution < -0.4 is 5.32 Å². The van der Waals surface area contributed by atoms with Crippen molar-refractivity contribution in [3.63, 3.8) is 0 Å². The highest BCUT2D eigenvalue weighted by atomic mass is 32.2. The fraction of sp³-hybridized carbons (Fsp3) is 0.333. The summed E-state index contributed by atoms with van der Waals surface area (Å²) in [6, 6.07) is 13.8. The summed E-state index contributed by atoms with van der Waals surface area (Å²) in [5.74, 6) is 0.465. The SMILES string of the molecule is CCOC(=O)[C@@H]1CS[C@H](c2cccs2)N1C(=S)NCc1ccccc1. The first-order chi connectivity index (χ1) is 12.2. The topological polar surface area (TPSA) is 41.6 Å². The predicted octanol–water partition coefficient (Wildman–Crippen LogP) is 3.80. The van der Waals surface area contributed by atoms with E-state index in [1.54, 1.807) is 23.1 Å². The third-order valence-electron chi connectivity index (χ3n) is 3.87. The first kappa shape index (κ1) is 18.2. The van der Waals surface area contributed by atoms with Crippen LogP contribution in [0.25, 0.3) is 0 Å². The first-order valence-electron chi connectivity index (χ1n) is 8.12. The molecule has 0 bridgehead atoms. The van der Waals surface area contributed by atoms with E-state index < -0.39 is 0 Å². The second-order valence-electron chi connectivity index (χ2n) is 5.52. The standard InChI is InChI=1S/C18H20N2O2S3/c1-2-22-17(21)14-12-25-16(15-9-6-10-24-15)20(14)18(23)19-11-13-7-4-3-5-8-13/h3-10,14,16H,2,11-12H2,1H3,(H,19,23)/t14-,16+/m0/s1. The first-order valence-corrected chi connectivity index (χ1v) is 10.5. The Morgan fingerprint density at radius 3 is 2.80 bits per heavy atom. The number of esters is 1. The van der Waals surface area contributed by atoms with Crippen LogP contribution in [0.2, 0.25) is 0 Å². The number of carbonyl (C=O) groups is 1. The Labute approximate surface area is 161 Å². The highest BCUT2D eigenvalue weighted by molar-refractivity contribution is 8.00. The zero-order valence-electron chi connectivity index (χ0n) is 13.9. The molecule has 2 aromatic rings. The molecule has 25 heavy (non-hydrogen) atoms. The number of thioether (sulfide) groups is 1. The van der Waals surface area contributed by atoms with E-state index in [0.717, 1.165) is 5.56 Å². The molecule has 3 rings (SSSR count). The van der Waals surface area contributed by atoms with Gasteiger partial charge in [-0.15, -0.1) is 23.1 Å². The number of hydrogen-bond acceptors (Lipinski definition) is 5. The molecule has 0 spiro atoms. The molecule has 1 aromatic heterocycles. The lowest BCUT2D eigenvalue weighted by Gasteiger charge is -2.30. The summed E-state index contributed by atoms with van der Waals surface area (Å²) in [6.45, 7) is 2.84. The van der Waals surface area contributed by atoms with E-state index in [1.807, 2.05) is 53.6 Å². The average molecular weight is 393 g/mol. The predicted molar refractivity (Wildman–Crippen MR) is 108 cm³/mol. The molecule has 1 N–H and O–H groups in total. The van der Waals surface area contributed by atoms with Crippen LogP contribution in [0.4, 0.5) is 0 Å². The Morgan fingerprint density at radius 1 is 1.32 bits per heavy atom. The van der Waals surface area contributed by atoms with Crippen LogP contribution in [-0.4, -0.2) is 34.4 Å². The van der Waals surface area contributed by atoms with Gasteiger partial charge < -0.3 is 15.0 Å². The van der Waals surface area contributed by atoms with Crippen LogP contribution >= 0.6 is 35.3 Å². The van der Waals surface area contributed by atoms with E-state index in [2.05, 4.69) is 11.4 Å². The summed E-state index contributed by atoms with van der Waals surface area (Å²) in [5, 5.41) is 5.98. The normalized spacial score (nSPS) is 19.6. The molecule has 2 atom stereocenters. The zero-order valence-corrected chi connectivity index (χ0v) is 16.3. The van der Waals surface area contributed by atoms with Crippen molar-refractivity contribution in [1.29, 1.82) is 0 Å². The van der Waals surface area contributed by atoms with Crippen molar-refractivity contribution >= 4 is 46.4 Å². The van der Waals surface area contributed by atoms with Crippen molar-refractivity contribution < 1.29 is 9.53 Å². The second-order valence-corrected chi connectivity index (χ2v) is 8.00. The van der Waals surface area contributed by atoms with Gasteiger partial charge in [0, 0.05) is 17.2 Å². The summed E-state index contributed by atoms with van der Waals surface area (Å²) in [6.07, 6.45) is 0. The van der Waals surface area contributed by atoms with Crippen molar-refractivity contribution in [1.82, 2.24) is 10.2 Å². The van der Waals surface area contributed by atoms with Crippen LogP contribution in [-0.2, 0) is 16.1 Å². The Morgan fingerprint density at radius 2 is 2.12 bits per heavy atom. The van der Waals surface area contributed by atoms with Gasteiger partial charge in [0.25, 0.3) is 0 Å². The van der Waals surface area contributed by atoms with Gasteiger partial charge in [-0.2, -0.15) is 0 Å². The fourth-order valence-corrected chi connectivity index (χ4v) is 5.45. The van der Waals surface area contributed by atoms with Crippen molar-refractivity contribution in [2.24, 2.45) is 0 Å². The van der Waals surface area contributed by atoms with E-state index in [-0.39, 0.29) is 17.4 Å². The summed E-state index contributed by atoms with van der Waals surface area (Å²) in [7, 11) is 0. The van der Waals surface area contributed by atoms with Crippen LogP contribution in [0, 0.1) is 0 Å². The minimum absolute atomic E-state index is 0.0465. The highest BCUT2D eigenvalue weighted by Gasteiger charge is 2.42. The van der Waals surface area contributed by atoms with E-state index in [1.165, 1.54) is 4.88 Å². The van der Waals surface area contributed by atoms with Gasteiger partial charge in [-0.1, -0.05) is 36.4 Å². The smallest absolute Gasteiger partial charge is 0.329 e. The largest absolute Gasteiger partial charge is 0.464 e. The number of benzene rings is 1. The molecule has 4 nitrogen and oxygen atoms in total. The number of carbonyl (C=O) groups excluding carboxylic acids is 1. The van der Waals surface area contributed by atoms with Crippen molar-refractivity contribution in [3.8, 4) is 0 Å². The molecule has 2 heterocycles. The summed E-state index contributed by atoms with van der Waals surface area (Å²) in [5.41, 5.74) is 1.15. The number of nitrogens with zero attached hydrogens (tertiary/aromatic N) is 1. The van der Waals surface area contributed by atoms with E-state index in [0.29, 0.717) is 24.0 Å². The molecule has 0 amide bonds. The van der Waals surface area contributed by atoms with E-state index in [4.69, 9.17) is 17.0 Å². The summed E-state index contributed by atoms with van der Waals surface area (Å²) in [4.78, 5) is 15.6. The Kier molecular flexibility index (Phi) is 6.34. The van der Waals surface area contributed by atoms with Crippen molar-refractivity contribution in [3.05, 3.63) is 58.3 Å². The second kappa shape index (κ2) is 8.69. The van der Waals surface area contributed by atoms with E-state index >= 15 is 0 Å². The lowest BCUT2D eigenvalue weighted by atomic mass is 10.2. The van der Waals surface area contributed by atoms with Gasteiger partial charge in [0.1, 0.15) is 11.4 Å². The van der Waals surface area contributed by atoms with Crippen molar-refractivity contribution in [2.45, 2.75) is 24.9 Å². The number of hydrogen-bond donors (Lipinski definition) is 1. The van der Waals surface area contributed by atoms with Crippen LogP contribution in [0.3, 0.4) is 0 Å². The summed E-state index contributed by atoms with van der Waals surface area (Å²) >= 11 is 9.05. The molecule has 1 fully saturated rings. The molecule has 1 aromatic carbocycles. The van der Waals surface area contributed by atoms with Gasteiger partial charge in [-0.25, -0.2) is 4.79 Å². The monoisotopic (exact) mass is 392 g/mol. The Bertz CT molecular complexity index is 706. The highest BCUT2D eigenvalue weighted by Crippen LogP contribution is 2.43. The minimum atomic E-state index is -0.354. The number of thiocarbonyl (C=S) groups is 1. The molecular formula is C18H20N2O2S3. The zero-order chi connectivity index (χ0) is 17.6. The fourth-order valence-electron chi connectivity index (χ4n) is 2.69. The average Bonchev–Trinajstić information content (AvgIpc) is 3.29. The lowest BCUT2D eigenvalue weighted by molar-refractivity contribution is -0.147. The molecule has 1 saturated heterocycles. The van der Waals surface area contributed by atoms with Gasteiger partial charge in [-0.05, 0) is 36.2 Å². The molecule has 0 unspecified atom stereocenters. The quantitative estimate of drug-likeness (QED) is 0.617. The minimum Gasteiger partial charge on any atom is -0.464 e. The molecule has 0 radical (unpaired) electrons. The number of rotatable bonds is 5.